The number of benzene rings is 1. The summed E-state index contributed by atoms with van der Waals surface area (Å²) in [5.74, 6) is -4.53. The van der Waals surface area contributed by atoms with Gasteiger partial charge in [-0.2, -0.15) is 0 Å². The van der Waals surface area contributed by atoms with Crippen molar-refractivity contribution < 1.29 is 38.5 Å². The van der Waals surface area contributed by atoms with Crippen molar-refractivity contribution in [1.82, 2.24) is 0 Å². The lowest BCUT2D eigenvalue weighted by molar-refractivity contribution is -0.145. The molecule has 0 aromatic heterocycles. The maximum absolute atomic E-state index is 12.5. The number of carbonyl (C=O) groups is 4. The largest absolute Gasteiger partial charge is 0.480 e. The summed E-state index contributed by atoms with van der Waals surface area (Å²) < 4.78 is 16.3. The number of esters is 3. The smallest absolute Gasteiger partial charge is 0.321 e. The molecule has 0 spiro atoms. The van der Waals surface area contributed by atoms with Crippen molar-refractivity contribution in [2.75, 3.05) is 6.61 Å². The normalized spacial score (nSPS) is 15.3. The Balaban J connectivity index is 3.41. The minimum Gasteiger partial charge on any atom is -0.480 e. The Labute approximate surface area is 207 Å². The van der Waals surface area contributed by atoms with Gasteiger partial charge in [0.2, 0.25) is 0 Å². The van der Waals surface area contributed by atoms with Gasteiger partial charge in [0, 0.05) is 12.3 Å². The highest BCUT2D eigenvalue weighted by Crippen LogP contribution is 2.36. The second-order valence-electron chi connectivity index (χ2n) is 8.97. The van der Waals surface area contributed by atoms with Gasteiger partial charge in [-0.05, 0) is 42.9 Å². The van der Waals surface area contributed by atoms with Crippen molar-refractivity contribution in [3.05, 3.63) is 23.8 Å². The molecule has 0 aliphatic rings. The molecular formula is C26H39NO8. The summed E-state index contributed by atoms with van der Waals surface area (Å²) in [6.07, 6.45) is 2.01. The van der Waals surface area contributed by atoms with Crippen molar-refractivity contribution in [3.63, 3.8) is 0 Å². The van der Waals surface area contributed by atoms with Crippen molar-refractivity contribution >= 4 is 23.9 Å². The van der Waals surface area contributed by atoms with Crippen LogP contribution in [0.2, 0.25) is 0 Å². The van der Waals surface area contributed by atoms with Crippen molar-refractivity contribution in [2.24, 2.45) is 23.5 Å². The summed E-state index contributed by atoms with van der Waals surface area (Å²) in [5, 5.41) is 9.62. The fourth-order valence-corrected chi connectivity index (χ4v) is 3.30. The van der Waals surface area contributed by atoms with Gasteiger partial charge < -0.3 is 25.1 Å². The van der Waals surface area contributed by atoms with Gasteiger partial charge in [0.1, 0.15) is 6.04 Å². The van der Waals surface area contributed by atoms with Crippen LogP contribution in [0.3, 0.4) is 0 Å². The van der Waals surface area contributed by atoms with E-state index >= 15 is 0 Å². The van der Waals surface area contributed by atoms with Gasteiger partial charge in [0.15, 0.2) is 11.5 Å². The number of ether oxygens (including phenoxy) is 3. The molecule has 0 heterocycles. The van der Waals surface area contributed by atoms with Crippen LogP contribution in [-0.4, -0.2) is 41.6 Å². The molecule has 9 heteroatoms. The Morgan fingerprint density at radius 1 is 0.914 bits per heavy atom. The number of nitrogens with two attached hydrogens (primary N) is 1. The Morgan fingerprint density at radius 3 is 1.94 bits per heavy atom. The Kier molecular flexibility index (Phi) is 12.4. The van der Waals surface area contributed by atoms with Crippen molar-refractivity contribution in [3.8, 4) is 11.5 Å². The van der Waals surface area contributed by atoms with Crippen LogP contribution in [0.5, 0.6) is 11.5 Å². The second-order valence-corrected chi connectivity index (χ2v) is 8.97. The van der Waals surface area contributed by atoms with Crippen LogP contribution in [0.1, 0.15) is 78.7 Å². The van der Waals surface area contributed by atoms with E-state index in [1.807, 2.05) is 20.8 Å². The minimum absolute atomic E-state index is 0.00206. The van der Waals surface area contributed by atoms with Crippen LogP contribution in [0, 0.1) is 17.8 Å². The van der Waals surface area contributed by atoms with Crippen LogP contribution in [0.15, 0.2) is 18.2 Å². The summed E-state index contributed by atoms with van der Waals surface area (Å²) in [5.41, 5.74) is 6.48. The molecule has 0 amide bonds. The van der Waals surface area contributed by atoms with E-state index in [0.29, 0.717) is 24.8 Å². The molecule has 0 saturated heterocycles. The number of carbonyl (C=O) groups excluding carboxylic acids is 3. The van der Waals surface area contributed by atoms with E-state index in [9.17, 15) is 24.3 Å². The Hall–Kier alpha value is -2.94. The molecule has 0 radical (unpaired) electrons. The third-order valence-corrected chi connectivity index (χ3v) is 6.05. The summed E-state index contributed by atoms with van der Waals surface area (Å²) in [4.78, 5) is 48.5. The van der Waals surface area contributed by atoms with Gasteiger partial charge in [0.05, 0.1) is 18.4 Å². The van der Waals surface area contributed by atoms with E-state index in [4.69, 9.17) is 19.9 Å². The second kappa shape index (κ2) is 14.5. The number of aliphatic carboxylic acids is 1. The first-order valence-electron chi connectivity index (χ1n) is 12.2. The van der Waals surface area contributed by atoms with E-state index in [1.54, 1.807) is 26.8 Å². The first-order valence-corrected chi connectivity index (χ1v) is 12.2. The van der Waals surface area contributed by atoms with E-state index in [-0.39, 0.29) is 36.4 Å². The summed E-state index contributed by atoms with van der Waals surface area (Å²) in [6.45, 7) is 10.7. The fourth-order valence-electron chi connectivity index (χ4n) is 3.30. The van der Waals surface area contributed by atoms with Crippen LogP contribution in [-0.2, 0) is 23.9 Å². The average Bonchev–Trinajstić information content (AvgIpc) is 2.83. The maximum Gasteiger partial charge on any atom is 0.321 e. The van der Waals surface area contributed by atoms with Crippen LogP contribution < -0.4 is 15.2 Å². The molecule has 4 unspecified atom stereocenters. The van der Waals surface area contributed by atoms with E-state index in [2.05, 4.69) is 0 Å². The highest BCUT2D eigenvalue weighted by molar-refractivity contribution is 5.79. The number of hydrogen-bond donors (Lipinski definition) is 2. The van der Waals surface area contributed by atoms with Crippen LogP contribution in [0.25, 0.3) is 0 Å². The molecule has 5 atom stereocenters. The van der Waals surface area contributed by atoms with Gasteiger partial charge in [-0.3, -0.25) is 19.2 Å². The van der Waals surface area contributed by atoms with Gasteiger partial charge in [-0.1, -0.05) is 47.6 Å². The molecule has 1 rings (SSSR count). The summed E-state index contributed by atoms with van der Waals surface area (Å²) in [7, 11) is 0. The topological polar surface area (TPSA) is 142 Å². The SMILES string of the molecule is CCCC(=O)OCC(C)C(c1ccc(OC(=O)C(C)CC)c(OC(=O)C(C)CC)c1)[C@H](N)C(=O)O. The van der Waals surface area contributed by atoms with Gasteiger partial charge in [0.25, 0.3) is 0 Å². The number of rotatable bonds is 14. The third-order valence-electron chi connectivity index (χ3n) is 6.05. The lowest BCUT2D eigenvalue weighted by Crippen LogP contribution is -2.40. The molecule has 0 saturated carbocycles. The third kappa shape index (κ3) is 8.98. The zero-order valence-corrected chi connectivity index (χ0v) is 21.5. The molecule has 0 bridgehead atoms. The Morgan fingerprint density at radius 2 is 1.46 bits per heavy atom. The number of carboxylic acid groups (broad SMARTS) is 1. The predicted molar refractivity (Wildman–Crippen MR) is 130 cm³/mol. The van der Waals surface area contributed by atoms with E-state index in [1.165, 1.54) is 12.1 Å². The van der Waals surface area contributed by atoms with Crippen molar-refractivity contribution in [2.45, 2.75) is 79.2 Å². The molecule has 35 heavy (non-hydrogen) atoms. The zero-order chi connectivity index (χ0) is 26.7. The minimum atomic E-state index is -1.32. The van der Waals surface area contributed by atoms with Gasteiger partial charge in [-0.15, -0.1) is 0 Å². The monoisotopic (exact) mass is 493 g/mol. The lowest BCUT2D eigenvalue weighted by atomic mass is 9.82. The number of hydrogen-bond acceptors (Lipinski definition) is 8. The van der Waals surface area contributed by atoms with Crippen molar-refractivity contribution in [1.29, 1.82) is 0 Å². The van der Waals surface area contributed by atoms with E-state index in [0.717, 1.165) is 0 Å². The predicted octanol–water partition coefficient (Wildman–Crippen LogP) is 4.06. The summed E-state index contributed by atoms with van der Waals surface area (Å²) >= 11 is 0. The average molecular weight is 494 g/mol. The first-order chi connectivity index (χ1) is 16.5. The molecule has 0 fully saturated rings. The molecule has 196 valence electrons. The van der Waals surface area contributed by atoms with Gasteiger partial charge in [-0.25, -0.2) is 0 Å². The van der Waals surface area contributed by atoms with Crippen LogP contribution >= 0.6 is 0 Å². The van der Waals surface area contributed by atoms with Crippen LogP contribution in [0.4, 0.5) is 0 Å². The Bertz CT molecular complexity index is 884. The highest BCUT2D eigenvalue weighted by Gasteiger charge is 2.33. The van der Waals surface area contributed by atoms with Gasteiger partial charge >= 0.3 is 23.9 Å². The van der Waals surface area contributed by atoms with E-state index < -0.39 is 41.7 Å². The first kappa shape index (κ1) is 30.1. The highest BCUT2D eigenvalue weighted by atomic mass is 16.6. The maximum atomic E-state index is 12.5. The number of carboxylic acids is 1. The quantitative estimate of drug-likeness (QED) is 0.290. The zero-order valence-electron chi connectivity index (χ0n) is 21.5. The molecule has 0 aliphatic heterocycles. The molecule has 1 aromatic carbocycles. The lowest BCUT2D eigenvalue weighted by Gasteiger charge is -2.28. The standard InChI is InChI=1S/C26H39NO8/c1-7-10-21(28)33-14-17(6)22(23(27)24(29)30)18-11-12-19(34-25(31)15(4)8-2)20(13-18)35-26(32)16(5)9-3/h11-13,15-17,22-23H,7-10,14,27H2,1-6H3,(H,29,30)/t15?,16?,17?,22?,23-/m0/s1. The fraction of sp³-hybridized carbons (Fsp3) is 0.615. The molecule has 3 N–H and O–H groups in total. The summed E-state index contributed by atoms with van der Waals surface area (Å²) in [6, 6.07) is 3.20. The molecule has 0 aliphatic carbocycles. The molecular weight excluding hydrogens is 454 g/mol. The molecule has 9 nitrogen and oxygen atoms in total. The molecule has 1 aromatic rings.